The number of nitrogens with two attached hydrogens (primary N) is 1. The van der Waals surface area contributed by atoms with Crippen LogP contribution in [0.3, 0.4) is 0 Å². The van der Waals surface area contributed by atoms with Crippen LogP contribution >= 0.6 is 38.5 Å². The first-order valence-electron chi connectivity index (χ1n) is 4.42. The summed E-state index contributed by atoms with van der Waals surface area (Å²) in [6, 6.07) is 4.68. The van der Waals surface area contributed by atoms with E-state index in [-0.39, 0.29) is 6.04 Å². The van der Waals surface area contributed by atoms with Gasteiger partial charge in [-0.05, 0) is 81.0 Å². The van der Waals surface area contributed by atoms with Gasteiger partial charge in [-0.15, -0.1) is 0 Å². The molecule has 0 aromatic heterocycles. The normalized spacial score (nSPS) is 21.3. The van der Waals surface area contributed by atoms with Crippen LogP contribution in [0.5, 0.6) is 0 Å². The van der Waals surface area contributed by atoms with E-state index >= 15 is 0 Å². The van der Waals surface area contributed by atoms with E-state index in [0.717, 1.165) is 6.42 Å². The van der Waals surface area contributed by atoms with Gasteiger partial charge in [-0.2, -0.15) is 0 Å². The molecule has 70 valence electrons. The van der Waals surface area contributed by atoms with E-state index < -0.39 is 0 Å². The number of hydrogen-bond acceptors (Lipinski definition) is 1. The molecule has 0 saturated carbocycles. The van der Waals surface area contributed by atoms with Crippen LogP contribution in [0.4, 0.5) is 0 Å². The van der Waals surface area contributed by atoms with E-state index in [1.165, 1.54) is 32.0 Å². The van der Waals surface area contributed by atoms with Gasteiger partial charge in [0.1, 0.15) is 0 Å². The highest BCUT2D eigenvalue weighted by atomic mass is 127. The Labute approximate surface area is 100 Å². The van der Waals surface area contributed by atoms with Gasteiger partial charge in [-0.25, -0.2) is 0 Å². The molecular formula is C10H11BrIN. The second-order valence-corrected chi connectivity index (χ2v) is 5.48. The largest absolute Gasteiger partial charge is 0.324 e. The molecule has 0 spiro atoms. The molecule has 1 aromatic carbocycles. The summed E-state index contributed by atoms with van der Waals surface area (Å²) in [7, 11) is 0. The number of rotatable bonds is 0. The Morgan fingerprint density at radius 1 is 1.46 bits per heavy atom. The molecule has 1 aliphatic rings. The van der Waals surface area contributed by atoms with Crippen LogP contribution in [-0.4, -0.2) is 0 Å². The minimum Gasteiger partial charge on any atom is -0.324 e. The van der Waals surface area contributed by atoms with Crippen molar-refractivity contribution in [3.8, 4) is 0 Å². The summed E-state index contributed by atoms with van der Waals surface area (Å²) in [6.45, 7) is 0. The smallest absolute Gasteiger partial charge is 0.0312 e. The summed E-state index contributed by atoms with van der Waals surface area (Å²) in [4.78, 5) is 0. The predicted octanol–water partition coefficient (Wildman–Crippen LogP) is 3.39. The summed E-state index contributed by atoms with van der Waals surface area (Å²) < 4.78 is 2.45. The molecule has 0 unspecified atom stereocenters. The summed E-state index contributed by atoms with van der Waals surface area (Å²) >= 11 is 5.89. The SMILES string of the molecule is N[C@H]1CCCc2cc(I)c(Br)cc21. The highest BCUT2D eigenvalue weighted by molar-refractivity contribution is 14.1. The number of aryl methyl sites for hydroxylation is 1. The lowest BCUT2D eigenvalue weighted by atomic mass is 9.88. The third-order valence-electron chi connectivity index (χ3n) is 2.54. The van der Waals surface area contributed by atoms with Crippen molar-refractivity contribution in [2.45, 2.75) is 25.3 Å². The monoisotopic (exact) mass is 351 g/mol. The second-order valence-electron chi connectivity index (χ2n) is 3.46. The van der Waals surface area contributed by atoms with Gasteiger partial charge in [0, 0.05) is 14.1 Å². The topological polar surface area (TPSA) is 26.0 Å². The predicted molar refractivity (Wildman–Crippen MR) is 66.7 cm³/mol. The van der Waals surface area contributed by atoms with Crippen LogP contribution in [0.25, 0.3) is 0 Å². The van der Waals surface area contributed by atoms with E-state index in [9.17, 15) is 0 Å². The van der Waals surface area contributed by atoms with Crippen LogP contribution in [-0.2, 0) is 6.42 Å². The maximum Gasteiger partial charge on any atom is 0.0312 e. The van der Waals surface area contributed by atoms with Gasteiger partial charge >= 0.3 is 0 Å². The molecule has 0 amide bonds. The lowest BCUT2D eigenvalue weighted by Crippen LogP contribution is -2.17. The average molecular weight is 352 g/mol. The van der Waals surface area contributed by atoms with Crippen molar-refractivity contribution >= 4 is 38.5 Å². The molecule has 3 heteroatoms. The fraction of sp³-hybridized carbons (Fsp3) is 0.400. The van der Waals surface area contributed by atoms with Crippen molar-refractivity contribution in [1.82, 2.24) is 0 Å². The minimum atomic E-state index is 0.247. The standard InChI is InChI=1S/C10H11BrIN/c11-8-5-7-6(4-9(8)12)2-1-3-10(7)13/h4-5,10H,1-3,13H2/t10-/m0/s1. The molecule has 1 aliphatic carbocycles. The lowest BCUT2D eigenvalue weighted by Gasteiger charge is -2.22. The molecular weight excluding hydrogens is 341 g/mol. The molecule has 1 nitrogen and oxygen atoms in total. The number of benzene rings is 1. The van der Waals surface area contributed by atoms with Gasteiger partial charge in [0.05, 0.1) is 0 Å². The lowest BCUT2D eigenvalue weighted by molar-refractivity contribution is 0.570. The van der Waals surface area contributed by atoms with E-state index in [1.54, 1.807) is 0 Å². The Balaban J connectivity index is 2.52. The molecule has 0 aliphatic heterocycles. The zero-order chi connectivity index (χ0) is 9.42. The Hall–Kier alpha value is 0.390. The first-order chi connectivity index (χ1) is 6.18. The molecule has 1 atom stereocenters. The van der Waals surface area contributed by atoms with Crippen LogP contribution in [0.15, 0.2) is 16.6 Å². The Morgan fingerprint density at radius 3 is 3.00 bits per heavy atom. The van der Waals surface area contributed by atoms with Crippen LogP contribution < -0.4 is 5.73 Å². The van der Waals surface area contributed by atoms with Crippen LogP contribution in [0.2, 0.25) is 0 Å². The Morgan fingerprint density at radius 2 is 2.23 bits per heavy atom. The van der Waals surface area contributed by atoms with Crippen molar-refractivity contribution in [2.24, 2.45) is 5.73 Å². The molecule has 0 fully saturated rings. The summed E-state index contributed by atoms with van der Waals surface area (Å²) in [5, 5.41) is 0. The highest BCUT2D eigenvalue weighted by Crippen LogP contribution is 2.32. The number of halogens is 2. The van der Waals surface area contributed by atoms with Crippen molar-refractivity contribution in [3.63, 3.8) is 0 Å². The van der Waals surface area contributed by atoms with E-state index in [0.29, 0.717) is 0 Å². The van der Waals surface area contributed by atoms with Crippen molar-refractivity contribution < 1.29 is 0 Å². The minimum absolute atomic E-state index is 0.247. The first kappa shape index (κ1) is 9.93. The van der Waals surface area contributed by atoms with Crippen molar-refractivity contribution in [1.29, 1.82) is 0 Å². The summed E-state index contributed by atoms with van der Waals surface area (Å²) in [5.41, 5.74) is 8.81. The van der Waals surface area contributed by atoms with Gasteiger partial charge in [0.2, 0.25) is 0 Å². The molecule has 2 rings (SSSR count). The Kier molecular flexibility index (Phi) is 2.95. The van der Waals surface area contributed by atoms with Gasteiger partial charge < -0.3 is 5.73 Å². The Bertz CT molecular complexity index is 338. The molecule has 0 bridgehead atoms. The fourth-order valence-electron chi connectivity index (χ4n) is 1.83. The highest BCUT2D eigenvalue weighted by Gasteiger charge is 2.17. The zero-order valence-corrected chi connectivity index (χ0v) is 10.9. The molecule has 0 heterocycles. The van der Waals surface area contributed by atoms with Gasteiger partial charge in [0.25, 0.3) is 0 Å². The van der Waals surface area contributed by atoms with E-state index in [2.05, 4.69) is 50.7 Å². The molecule has 0 radical (unpaired) electrons. The van der Waals surface area contributed by atoms with Crippen LogP contribution in [0.1, 0.15) is 30.0 Å². The maximum atomic E-state index is 6.04. The third-order valence-corrected chi connectivity index (χ3v) is 4.83. The number of hydrogen-bond donors (Lipinski definition) is 1. The van der Waals surface area contributed by atoms with E-state index in [4.69, 9.17) is 5.73 Å². The van der Waals surface area contributed by atoms with Crippen LogP contribution in [0, 0.1) is 3.57 Å². The maximum absolute atomic E-state index is 6.04. The summed E-state index contributed by atoms with van der Waals surface area (Å²) in [5.74, 6) is 0. The average Bonchev–Trinajstić information content (AvgIpc) is 2.09. The fourth-order valence-corrected chi connectivity index (χ4v) is 2.73. The van der Waals surface area contributed by atoms with Gasteiger partial charge in [-0.3, -0.25) is 0 Å². The van der Waals surface area contributed by atoms with Gasteiger partial charge in [-0.1, -0.05) is 0 Å². The molecule has 1 aromatic rings. The van der Waals surface area contributed by atoms with E-state index in [1.807, 2.05) is 0 Å². The second kappa shape index (κ2) is 3.87. The molecule has 13 heavy (non-hydrogen) atoms. The number of fused-ring (bicyclic) bond motifs is 1. The van der Waals surface area contributed by atoms with Crippen molar-refractivity contribution in [2.75, 3.05) is 0 Å². The molecule has 0 saturated heterocycles. The molecule has 2 N–H and O–H groups in total. The quantitative estimate of drug-likeness (QED) is 0.712. The van der Waals surface area contributed by atoms with Gasteiger partial charge in [0.15, 0.2) is 0 Å². The zero-order valence-electron chi connectivity index (χ0n) is 7.19. The first-order valence-corrected chi connectivity index (χ1v) is 6.29. The third kappa shape index (κ3) is 1.92. The summed E-state index contributed by atoms with van der Waals surface area (Å²) in [6.07, 6.45) is 3.54. The van der Waals surface area contributed by atoms with Crippen molar-refractivity contribution in [3.05, 3.63) is 31.3 Å².